The SMILES string of the molecule is CCCCCCCCCNC(=O)C1CCCCC1. The van der Waals surface area contributed by atoms with Crippen LogP contribution in [0.25, 0.3) is 0 Å². The molecule has 0 atom stereocenters. The van der Waals surface area contributed by atoms with Crippen LogP contribution in [0.1, 0.15) is 84.0 Å². The van der Waals surface area contributed by atoms with Gasteiger partial charge in [0, 0.05) is 12.5 Å². The summed E-state index contributed by atoms with van der Waals surface area (Å²) in [7, 11) is 0. The van der Waals surface area contributed by atoms with Crippen LogP contribution in [0.15, 0.2) is 0 Å². The summed E-state index contributed by atoms with van der Waals surface area (Å²) in [5, 5.41) is 3.12. The van der Waals surface area contributed by atoms with Crippen molar-refractivity contribution >= 4 is 5.91 Å². The molecule has 2 nitrogen and oxygen atoms in total. The number of rotatable bonds is 9. The summed E-state index contributed by atoms with van der Waals surface area (Å²) in [6, 6.07) is 0. The summed E-state index contributed by atoms with van der Waals surface area (Å²) in [5.41, 5.74) is 0. The van der Waals surface area contributed by atoms with Crippen LogP contribution in [0.5, 0.6) is 0 Å². The summed E-state index contributed by atoms with van der Waals surface area (Å²) in [6.07, 6.45) is 15.2. The molecule has 0 aromatic rings. The van der Waals surface area contributed by atoms with Crippen molar-refractivity contribution in [1.29, 1.82) is 0 Å². The van der Waals surface area contributed by atoms with Gasteiger partial charge < -0.3 is 5.32 Å². The van der Waals surface area contributed by atoms with Crippen molar-refractivity contribution in [3.63, 3.8) is 0 Å². The van der Waals surface area contributed by atoms with Crippen molar-refractivity contribution in [2.75, 3.05) is 6.54 Å². The molecule has 0 radical (unpaired) electrons. The molecule has 0 aromatic carbocycles. The Morgan fingerprint density at radius 3 is 2.22 bits per heavy atom. The largest absolute Gasteiger partial charge is 0.356 e. The fourth-order valence-corrected chi connectivity index (χ4v) is 2.80. The van der Waals surface area contributed by atoms with Gasteiger partial charge in [0.05, 0.1) is 0 Å². The zero-order chi connectivity index (χ0) is 13.1. The molecule has 0 aliphatic heterocycles. The minimum atomic E-state index is 0.320. The van der Waals surface area contributed by atoms with Gasteiger partial charge in [0.25, 0.3) is 0 Å². The maximum absolute atomic E-state index is 11.9. The highest BCUT2D eigenvalue weighted by Gasteiger charge is 2.20. The maximum Gasteiger partial charge on any atom is 0.223 e. The van der Waals surface area contributed by atoms with Crippen LogP contribution in [0.2, 0.25) is 0 Å². The fraction of sp³-hybridized carbons (Fsp3) is 0.938. The summed E-state index contributed by atoms with van der Waals surface area (Å²) in [5.74, 6) is 0.643. The van der Waals surface area contributed by atoms with E-state index in [0.717, 1.165) is 25.8 Å². The molecule has 1 fully saturated rings. The molecule has 0 saturated heterocycles. The van der Waals surface area contributed by atoms with E-state index in [1.807, 2.05) is 0 Å². The Kier molecular flexibility index (Phi) is 8.97. The van der Waals surface area contributed by atoms with Crippen LogP contribution in [-0.2, 0) is 4.79 Å². The van der Waals surface area contributed by atoms with Crippen LogP contribution in [0, 0.1) is 5.92 Å². The smallest absolute Gasteiger partial charge is 0.223 e. The third kappa shape index (κ3) is 7.03. The quantitative estimate of drug-likeness (QED) is 0.605. The minimum Gasteiger partial charge on any atom is -0.356 e. The third-order valence-electron chi connectivity index (χ3n) is 4.06. The van der Waals surface area contributed by atoms with Crippen LogP contribution >= 0.6 is 0 Å². The first-order valence-corrected chi connectivity index (χ1v) is 8.12. The molecule has 106 valence electrons. The van der Waals surface area contributed by atoms with Gasteiger partial charge in [-0.1, -0.05) is 64.7 Å². The number of amides is 1. The van der Waals surface area contributed by atoms with Crippen molar-refractivity contribution < 1.29 is 4.79 Å². The van der Waals surface area contributed by atoms with Crippen molar-refractivity contribution in [2.45, 2.75) is 84.0 Å². The lowest BCUT2D eigenvalue weighted by atomic mass is 9.88. The predicted octanol–water partition coefficient (Wildman–Crippen LogP) is 4.43. The topological polar surface area (TPSA) is 29.1 Å². The normalized spacial score (nSPS) is 16.7. The number of carbonyl (C=O) groups excluding carboxylic acids is 1. The van der Waals surface area contributed by atoms with E-state index in [2.05, 4.69) is 12.2 Å². The first-order valence-electron chi connectivity index (χ1n) is 8.12. The highest BCUT2D eigenvalue weighted by Crippen LogP contribution is 2.23. The molecule has 0 spiro atoms. The number of nitrogens with one attached hydrogen (secondary N) is 1. The van der Waals surface area contributed by atoms with E-state index in [1.54, 1.807) is 0 Å². The van der Waals surface area contributed by atoms with Crippen molar-refractivity contribution in [3.8, 4) is 0 Å². The van der Waals surface area contributed by atoms with Crippen LogP contribution in [-0.4, -0.2) is 12.5 Å². The molecular formula is C16H31NO. The molecule has 1 aliphatic rings. The zero-order valence-electron chi connectivity index (χ0n) is 12.2. The first-order chi connectivity index (χ1) is 8.84. The summed E-state index contributed by atoms with van der Waals surface area (Å²) in [4.78, 5) is 11.9. The van der Waals surface area contributed by atoms with Crippen LogP contribution < -0.4 is 5.32 Å². The highest BCUT2D eigenvalue weighted by molar-refractivity contribution is 5.78. The van der Waals surface area contributed by atoms with Gasteiger partial charge in [-0.2, -0.15) is 0 Å². The second-order valence-electron chi connectivity index (χ2n) is 5.75. The van der Waals surface area contributed by atoms with Crippen molar-refractivity contribution in [2.24, 2.45) is 5.92 Å². The molecule has 0 heterocycles. The van der Waals surface area contributed by atoms with Gasteiger partial charge in [0.2, 0.25) is 5.91 Å². The van der Waals surface area contributed by atoms with E-state index in [0.29, 0.717) is 11.8 Å². The van der Waals surface area contributed by atoms with Crippen molar-refractivity contribution in [1.82, 2.24) is 5.32 Å². The van der Waals surface area contributed by atoms with E-state index < -0.39 is 0 Å². The van der Waals surface area contributed by atoms with E-state index in [-0.39, 0.29) is 0 Å². The van der Waals surface area contributed by atoms with Gasteiger partial charge >= 0.3 is 0 Å². The molecular weight excluding hydrogens is 222 g/mol. The Morgan fingerprint density at radius 2 is 1.56 bits per heavy atom. The second-order valence-corrected chi connectivity index (χ2v) is 5.75. The van der Waals surface area contributed by atoms with Crippen LogP contribution in [0.3, 0.4) is 0 Å². The Hall–Kier alpha value is -0.530. The number of unbranched alkanes of at least 4 members (excludes halogenated alkanes) is 6. The van der Waals surface area contributed by atoms with Crippen LogP contribution in [0.4, 0.5) is 0 Å². The van der Waals surface area contributed by atoms with Gasteiger partial charge in [-0.15, -0.1) is 0 Å². The number of hydrogen-bond donors (Lipinski definition) is 1. The molecule has 0 bridgehead atoms. The Labute approximate surface area is 113 Å². The predicted molar refractivity (Wildman–Crippen MR) is 77.6 cm³/mol. The third-order valence-corrected chi connectivity index (χ3v) is 4.06. The molecule has 1 N–H and O–H groups in total. The molecule has 2 heteroatoms. The van der Waals surface area contributed by atoms with E-state index in [4.69, 9.17) is 0 Å². The Bertz CT molecular complexity index is 209. The maximum atomic E-state index is 11.9. The minimum absolute atomic E-state index is 0.320. The van der Waals surface area contributed by atoms with Gasteiger partial charge in [-0.05, 0) is 19.3 Å². The Balaban J connectivity index is 1.89. The lowest BCUT2D eigenvalue weighted by molar-refractivity contribution is -0.125. The standard InChI is InChI=1S/C16H31NO/c1-2-3-4-5-6-7-11-14-17-16(18)15-12-9-8-10-13-15/h15H,2-14H2,1H3,(H,17,18). The molecule has 1 aliphatic carbocycles. The Morgan fingerprint density at radius 1 is 0.944 bits per heavy atom. The summed E-state index contributed by atoms with van der Waals surface area (Å²) >= 11 is 0. The number of hydrogen-bond acceptors (Lipinski definition) is 1. The highest BCUT2D eigenvalue weighted by atomic mass is 16.1. The molecule has 1 saturated carbocycles. The van der Waals surface area contributed by atoms with Gasteiger partial charge in [0.15, 0.2) is 0 Å². The molecule has 18 heavy (non-hydrogen) atoms. The lowest BCUT2D eigenvalue weighted by Gasteiger charge is -2.20. The monoisotopic (exact) mass is 253 g/mol. The molecule has 1 rings (SSSR count). The van der Waals surface area contributed by atoms with Gasteiger partial charge in [0.1, 0.15) is 0 Å². The zero-order valence-corrected chi connectivity index (χ0v) is 12.2. The van der Waals surface area contributed by atoms with E-state index >= 15 is 0 Å². The first kappa shape index (κ1) is 15.5. The second kappa shape index (κ2) is 10.4. The summed E-state index contributed by atoms with van der Waals surface area (Å²) in [6.45, 7) is 3.14. The molecule has 0 unspecified atom stereocenters. The fourth-order valence-electron chi connectivity index (χ4n) is 2.80. The average Bonchev–Trinajstić information content (AvgIpc) is 2.42. The van der Waals surface area contributed by atoms with E-state index in [1.165, 1.54) is 57.8 Å². The summed E-state index contributed by atoms with van der Waals surface area (Å²) < 4.78 is 0. The van der Waals surface area contributed by atoms with Crippen molar-refractivity contribution in [3.05, 3.63) is 0 Å². The lowest BCUT2D eigenvalue weighted by Crippen LogP contribution is -2.32. The van der Waals surface area contributed by atoms with Gasteiger partial charge in [-0.25, -0.2) is 0 Å². The van der Waals surface area contributed by atoms with E-state index in [9.17, 15) is 4.79 Å². The molecule has 0 aromatic heterocycles. The average molecular weight is 253 g/mol. The number of carbonyl (C=O) groups is 1. The molecule has 1 amide bonds. The van der Waals surface area contributed by atoms with Gasteiger partial charge in [-0.3, -0.25) is 4.79 Å².